The number of aliphatic carboxylic acids is 1. The molecule has 0 aromatic heterocycles. The Morgan fingerprint density at radius 3 is 2.19 bits per heavy atom. The first kappa shape index (κ1) is 19.0. The maximum absolute atomic E-state index is 11.3. The molecular formula is C12H27N7O2. The average Bonchev–Trinajstić information content (AvgIpc) is 2.40. The van der Waals surface area contributed by atoms with Gasteiger partial charge in [-0.3, -0.25) is 15.1 Å². The van der Waals surface area contributed by atoms with Gasteiger partial charge in [0.05, 0.1) is 0 Å². The molecule has 0 heterocycles. The molecule has 21 heavy (non-hydrogen) atoms. The number of carbonyl (C=O) groups is 1. The lowest BCUT2D eigenvalue weighted by Crippen LogP contribution is -2.41. The van der Waals surface area contributed by atoms with Gasteiger partial charge in [-0.15, -0.1) is 5.10 Å². The molecule has 0 saturated heterocycles. The van der Waals surface area contributed by atoms with Crippen LogP contribution in [0.25, 0.3) is 0 Å². The minimum Gasteiger partial charge on any atom is -0.480 e. The molecule has 0 aliphatic rings. The van der Waals surface area contributed by atoms with Crippen molar-refractivity contribution in [2.45, 2.75) is 39.2 Å². The Morgan fingerprint density at radius 2 is 1.81 bits per heavy atom. The summed E-state index contributed by atoms with van der Waals surface area (Å²) in [6.45, 7) is 5.64. The third kappa shape index (κ3) is 7.35. The van der Waals surface area contributed by atoms with E-state index < -0.39 is 12.0 Å². The van der Waals surface area contributed by atoms with Crippen LogP contribution in [0.2, 0.25) is 0 Å². The molecule has 0 radical (unpaired) electrons. The number of rotatable bonds is 10. The van der Waals surface area contributed by atoms with Crippen molar-refractivity contribution in [1.82, 2.24) is 9.91 Å². The molecule has 0 unspecified atom stereocenters. The Balaban J connectivity index is 4.35. The van der Waals surface area contributed by atoms with Crippen molar-refractivity contribution in [2.24, 2.45) is 22.3 Å². The van der Waals surface area contributed by atoms with Crippen LogP contribution in [0, 0.1) is 5.41 Å². The van der Waals surface area contributed by atoms with E-state index in [1.54, 1.807) is 0 Å². The van der Waals surface area contributed by atoms with Crippen LogP contribution in [0.4, 0.5) is 0 Å². The number of unbranched alkanes of at least 4 members (excludes halogenated alkanes) is 1. The van der Waals surface area contributed by atoms with Crippen LogP contribution in [0.1, 0.15) is 33.1 Å². The summed E-state index contributed by atoms with van der Waals surface area (Å²) >= 11 is 0. The molecule has 0 spiro atoms. The number of hydrogen-bond donors (Lipinski definition) is 5. The summed E-state index contributed by atoms with van der Waals surface area (Å²) in [5.74, 6) is -1.23. The standard InChI is InChI=1S/C12H27N7O2/c1-3-18(4-2)9(10(20)21)7-5-6-8-19(12(15)16)17-11(13)14/h9H,3-8H2,1-2H3,(H3,15,16)(H,20,21)(H4,13,14,17)/t9-/m0/s1. The second kappa shape index (κ2) is 9.81. The molecule has 8 N–H and O–H groups in total. The molecule has 0 aromatic carbocycles. The Morgan fingerprint density at radius 1 is 1.24 bits per heavy atom. The number of carboxylic acids is 1. The second-order valence-electron chi connectivity index (χ2n) is 4.60. The highest BCUT2D eigenvalue weighted by Crippen LogP contribution is 2.10. The fourth-order valence-corrected chi connectivity index (χ4v) is 2.09. The predicted molar refractivity (Wildman–Crippen MR) is 82.6 cm³/mol. The molecule has 0 fully saturated rings. The molecule has 0 aromatic rings. The van der Waals surface area contributed by atoms with Crippen LogP contribution >= 0.6 is 0 Å². The molecule has 0 saturated carbocycles. The first-order valence-corrected chi connectivity index (χ1v) is 7.01. The van der Waals surface area contributed by atoms with Crippen molar-refractivity contribution < 1.29 is 9.90 Å². The molecule has 9 heteroatoms. The van der Waals surface area contributed by atoms with Gasteiger partial charge < -0.3 is 22.3 Å². The van der Waals surface area contributed by atoms with Gasteiger partial charge in [0.1, 0.15) is 6.04 Å². The van der Waals surface area contributed by atoms with E-state index in [0.717, 1.165) is 0 Å². The SMILES string of the molecule is CCN(CC)[C@@H](CCCCN(N=C(N)N)C(=N)N)C(=O)O. The summed E-state index contributed by atoms with van der Waals surface area (Å²) in [7, 11) is 0. The number of hydrogen-bond acceptors (Lipinski definition) is 4. The normalized spacial score (nSPS) is 12.0. The summed E-state index contributed by atoms with van der Waals surface area (Å²) in [5, 5.41) is 21.5. The van der Waals surface area contributed by atoms with E-state index in [0.29, 0.717) is 38.9 Å². The van der Waals surface area contributed by atoms with E-state index in [4.69, 9.17) is 22.6 Å². The van der Waals surface area contributed by atoms with Gasteiger partial charge in [0.2, 0.25) is 11.9 Å². The van der Waals surface area contributed by atoms with E-state index in [1.807, 2.05) is 18.7 Å². The fraction of sp³-hybridized carbons (Fsp3) is 0.750. The Kier molecular flexibility index (Phi) is 8.86. The highest BCUT2D eigenvalue weighted by molar-refractivity contribution is 5.80. The van der Waals surface area contributed by atoms with Crippen molar-refractivity contribution in [1.29, 1.82) is 5.41 Å². The van der Waals surface area contributed by atoms with E-state index >= 15 is 0 Å². The number of nitrogens with zero attached hydrogens (tertiary/aromatic N) is 3. The van der Waals surface area contributed by atoms with Gasteiger partial charge in [0.25, 0.3) is 0 Å². The molecule has 0 aliphatic carbocycles. The van der Waals surface area contributed by atoms with Gasteiger partial charge in [0.15, 0.2) is 0 Å². The Hall–Kier alpha value is -2.03. The van der Waals surface area contributed by atoms with Crippen LogP contribution in [-0.4, -0.2) is 58.6 Å². The summed E-state index contributed by atoms with van der Waals surface area (Å²) in [6.07, 6.45) is 1.85. The van der Waals surface area contributed by atoms with Crippen molar-refractivity contribution in [3.63, 3.8) is 0 Å². The van der Waals surface area contributed by atoms with E-state index in [2.05, 4.69) is 5.10 Å². The van der Waals surface area contributed by atoms with Crippen LogP contribution in [0.15, 0.2) is 5.10 Å². The van der Waals surface area contributed by atoms with Gasteiger partial charge in [-0.25, -0.2) is 5.01 Å². The number of likely N-dealkylation sites (N-methyl/N-ethyl adjacent to an activating group) is 1. The third-order valence-electron chi connectivity index (χ3n) is 3.15. The molecule has 1 atom stereocenters. The van der Waals surface area contributed by atoms with Gasteiger partial charge in [-0.05, 0) is 32.4 Å². The third-order valence-corrected chi connectivity index (χ3v) is 3.15. The van der Waals surface area contributed by atoms with Gasteiger partial charge in [-0.1, -0.05) is 13.8 Å². The van der Waals surface area contributed by atoms with Crippen LogP contribution in [0.5, 0.6) is 0 Å². The highest BCUT2D eigenvalue weighted by Gasteiger charge is 2.22. The van der Waals surface area contributed by atoms with Gasteiger partial charge in [-0.2, -0.15) is 0 Å². The van der Waals surface area contributed by atoms with Crippen LogP contribution in [-0.2, 0) is 4.79 Å². The zero-order valence-corrected chi connectivity index (χ0v) is 12.7. The molecule has 122 valence electrons. The minimum atomic E-state index is -0.814. The summed E-state index contributed by atoms with van der Waals surface area (Å²) < 4.78 is 0. The first-order valence-electron chi connectivity index (χ1n) is 7.01. The number of nitrogens with one attached hydrogen (secondary N) is 1. The van der Waals surface area contributed by atoms with Crippen molar-refractivity contribution in [3.8, 4) is 0 Å². The van der Waals surface area contributed by atoms with Crippen molar-refractivity contribution in [2.75, 3.05) is 19.6 Å². The predicted octanol–water partition coefficient (Wildman–Crippen LogP) is -0.664. The van der Waals surface area contributed by atoms with Gasteiger partial charge >= 0.3 is 5.97 Å². The molecule has 0 amide bonds. The largest absolute Gasteiger partial charge is 0.480 e. The zero-order chi connectivity index (χ0) is 16.4. The Bertz CT molecular complexity index is 365. The summed E-state index contributed by atoms with van der Waals surface area (Å²) in [6, 6.07) is -0.492. The smallest absolute Gasteiger partial charge is 0.320 e. The Labute approximate surface area is 125 Å². The minimum absolute atomic E-state index is 0.170. The lowest BCUT2D eigenvalue weighted by Gasteiger charge is -2.26. The molecule has 0 rings (SSSR count). The van der Waals surface area contributed by atoms with E-state index in [9.17, 15) is 9.90 Å². The zero-order valence-electron chi connectivity index (χ0n) is 12.7. The van der Waals surface area contributed by atoms with Crippen LogP contribution < -0.4 is 17.2 Å². The molecule has 0 bridgehead atoms. The monoisotopic (exact) mass is 301 g/mol. The summed E-state index contributed by atoms with van der Waals surface area (Å²) in [5.41, 5.74) is 15.9. The quantitative estimate of drug-likeness (QED) is 0.155. The highest BCUT2D eigenvalue weighted by atomic mass is 16.4. The summed E-state index contributed by atoms with van der Waals surface area (Å²) in [4.78, 5) is 13.2. The maximum atomic E-state index is 11.3. The maximum Gasteiger partial charge on any atom is 0.320 e. The topological polar surface area (TPSA) is 158 Å². The lowest BCUT2D eigenvalue weighted by molar-refractivity contribution is -0.143. The van der Waals surface area contributed by atoms with Crippen LogP contribution in [0.3, 0.4) is 0 Å². The molecular weight excluding hydrogens is 274 g/mol. The van der Waals surface area contributed by atoms with Crippen molar-refractivity contribution >= 4 is 17.9 Å². The molecule has 0 aliphatic heterocycles. The van der Waals surface area contributed by atoms with Crippen molar-refractivity contribution in [3.05, 3.63) is 0 Å². The van der Waals surface area contributed by atoms with E-state index in [-0.39, 0.29) is 11.9 Å². The number of hydrazone groups is 1. The van der Waals surface area contributed by atoms with E-state index in [1.165, 1.54) is 5.01 Å². The average molecular weight is 301 g/mol. The first-order chi connectivity index (χ1) is 9.83. The fourth-order valence-electron chi connectivity index (χ4n) is 2.09. The lowest BCUT2D eigenvalue weighted by atomic mass is 10.1. The number of nitrogens with two attached hydrogens (primary N) is 3. The second-order valence-corrected chi connectivity index (χ2v) is 4.60. The number of guanidine groups is 2. The molecule has 9 nitrogen and oxygen atoms in total. The van der Waals surface area contributed by atoms with Gasteiger partial charge in [0, 0.05) is 6.54 Å². The number of carboxylic acid groups (broad SMARTS) is 1.